The minimum absolute atomic E-state index is 0.395. The third kappa shape index (κ3) is 2.68. The molecule has 0 N–H and O–H groups in total. The summed E-state index contributed by atoms with van der Waals surface area (Å²) in [6.07, 6.45) is 0. The molecule has 6 heteroatoms. The average Bonchev–Trinajstić information content (AvgIpc) is 2.88. The standard InChI is InChI=1S/C15H21ClN4O/c1-3-21-13-6-4-5-12-15(13)17-14(11-16)20(12)19-9-7-18(2)8-10-19/h4-6H,3,7-11H2,1-2H3. The van der Waals surface area contributed by atoms with Crippen LogP contribution >= 0.6 is 11.6 Å². The first-order valence-corrected chi connectivity index (χ1v) is 7.91. The highest BCUT2D eigenvalue weighted by atomic mass is 35.5. The van der Waals surface area contributed by atoms with Crippen molar-refractivity contribution >= 4 is 22.6 Å². The largest absolute Gasteiger partial charge is 0.492 e. The first-order valence-electron chi connectivity index (χ1n) is 7.37. The molecule has 1 aromatic heterocycles. The van der Waals surface area contributed by atoms with Crippen molar-refractivity contribution in [1.29, 1.82) is 0 Å². The summed E-state index contributed by atoms with van der Waals surface area (Å²) in [6.45, 7) is 6.67. The van der Waals surface area contributed by atoms with Gasteiger partial charge in [0, 0.05) is 26.2 Å². The van der Waals surface area contributed by atoms with Crippen LogP contribution in [0.3, 0.4) is 0 Å². The lowest BCUT2D eigenvalue weighted by molar-refractivity contribution is 0.288. The Morgan fingerprint density at radius 1 is 1.24 bits per heavy atom. The molecule has 0 spiro atoms. The van der Waals surface area contributed by atoms with Crippen LogP contribution in [0, 0.1) is 0 Å². The zero-order valence-electron chi connectivity index (χ0n) is 12.5. The van der Waals surface area contributed by atoms with Crippen molar-refractivity contribution in [3.8, 4) is 5.75 Å². The molecular formula is C15H21ClN4O. The molecule has 1 aliphatic rings. The summed E-state index contributed by atoms with van der Waals surface area (Å²) in [6, 6.07) is 6.06. The van der Waals surface area contributed by atoms with Gasteiger partial charge in [0.1, 0.15) is 17.1 Å². The van der Waals surface area contributed by atoms with E-state index >= 15 is 0 Å². The van der Waals surface area contributed by atoms with Crippen LogP contribution in [0.4, 0.5) is 0 Å². The number of nitrogens with zero attached hydrogens (tertiary/aromatic N) is 4. The van der Waals surface area contributed by atoms with E-state index in [1.54, 1.807) is 0 Å². The number of hydrogen-bond donors (Lipinski definition) is 0. The van der Waals surface area contributed by atoms with Crippen LogP contribution in [-0.4, -0.2) is 54.4 Å². The number of alkyl halides is 1. The lowest BCUT2D eigenvalue weighted by Crippen LogP contribution is -2.50. The zero-order valence-corrected chi connectivity index (χ0v) is 13.3. The number of fused-ring (bicyclic) bond motifs is 1. The summed E-state index contributed by atoms with van der Waals surface area (Å²) in [5.74, 6) is 2.10. The highest BCUT2D eigenvalue weighted by molar-refractivity contribution is 6.16. The van der Waals surface area contributed by atoms with Crippen LogP contribution in [0.2, 0.25) is 0 Å². The minimum atomic E-state index is 0.395. The Morgan fingerprint density at radius 3 is 2.67 bits per heavy atom. The van der Waals surface area contributed by atoms with E-state index in [2.05, 4.69) is 27.7 Å². The summed E-state index contributed by atoms with van der Waals surface area (Å²) < 4.78 is 7.86. The van der Waals surface area contributed by atoms with E-state index in [9.17, 15) is 0 Å². The average molecular weight is 309 g/mol. The number of benzene rings is 1. The maximum absolute atomic E-state index is 6.12. The second kappa shape index (κ2) is 6.12. The number of para-hydroxylation sites is 1. The van der Waals surface area contributed by atoms with Gasteiger partial charge in [-0.15, -0.1) is 11.6 Å². The molecular weight excluding hydrogens is 288 g/mol. The quantitative estimate of drug-likeness (QED) is 0.810. The lowest BCUT2D eigenvalue weighted by atomic mass is 10.3. The normalized spacial score (nSPS) is 16.6. The summed E-state index contributed by atoms with van der Waals surface area (Å²) in [5.41, 5.74) is 1.97. The van der Waals surface area contributed by atoms with E-state index in [4.69, 9.17) is 21.3 Å². The molecule has 21 heavy (non-hydrogen) atoms. The molecule has 0 saturated carbocycles. The van der Waals surface area contributed by atoms with Crippen LogP contribution in [0.5, 0.6) is 5.75 Å². The fraction of sp³-hybridized carbons (Fsp3) is 0.533. The molecule has 2 heterocycles. The Morgan fingerprint density at radius 2 is 2.00 bits per heavy atom. The van der Waals surface area contributed by atoms with Gasteiger partial charge in [-0.25, -0.2) is 9.66 Å². The van der Waals surface area contributed by atoms with Gasteiger partial charge >= 0.3 is 0 Å². The Balaban J connectivity index is 2.06. The number of imidazole rings is 1. The highest BCUT2D eigenvalue weighted by Crippen LogP contribution is 2.27. The third-order valence-electron chi connectivity index (χ3n) is 3.87. The molecule has 0 amide bonds. The maximum atomic E-state index is 6.12. The third-order valence-corrected chi connectivity index (χ3v) is 4.11. The molecule has 114 valence electrons. The van der Waals surface area contributed by atoms with Gasteiger partial charge in [-0.3, -0.25) is 0 Å². The number of hydrogen-bond acceptors (Lipinski definition) is 4. The minimum Gasteiger partial charge on any atom is -0.492 e. The number of aromatic nitrogens is 2. The number of ether oxygens (including phenoxy) is 1. The molecule has 3 rings (SSSR count). The number of rotatable bonds is 4. The maximum Gasteiger partial charge on any atom is 0.147 e. The van der Waals surface area contributed by atoms with Crippen LogP contribution in [0.25, 0.3) is 11.0 Å². The van der Waals surface area contributed by atoms with E-state index in [1.807, 2.05) is 19.1 Å². The predicted octanol–water partition coefficient (Wildman–Crippen LogP) is 2.06. The van der Waals surface area contributed by atoms with Gasteiger partial charge in [0.05, 0.1) is 18.0 Å². The van der Waals surface area contributed by atoms with E-state index in [0.717, 1.165) is 48.8 Å². The summed E-state index contributed by atoms with van der Waals surface area (Å²) in [7, 11) is 2.15. The van der Waals surface area contributed by atoms with Crippen molar-refractivity contribution in [2.75, 3.05) is 44.8 Å². The van der Waals surface area contributed by atoms with Crippen LogP contribution in [-0.2, 0) is 5.88 Å². The Kier molecular flexibility index (Phi) is 4.22. The monoisotopic (exact) mass is 308 g/mol. The van der Waals surface area contributed by atoms with Gasteiger partial charge in [-0.2, -0.15) is 0 Å². The topological polar surface area (TPSA) is 33.5 Å². The van der Waals surface area contributed by atoms with Crippen LogP contribution in [0.1, 0.15) is 12.7 Å². The van der Waals surface area contributed by atoms with Gasteiger partial charge in [0.2, 0.25) is 0 Å². The van der Waals surface area contributed by atoms with Crippen molar-refractivity contribution < 1.29 is 4.74 Å². The van der Waals surface area contributed by atoms with Gasteiger partial charge in [-0.1, -0.05) is 6.07 Å². The van der Waals surface area contributed by atoms with Crippen molar-refractivity contribution in [2.45, 2.75) is 12.8 Å². The Labute approximate surface area is 130 Å². The van der Waals surface area contributed by atoms with Crippen molar-refractivity contribution in [3.05, 3.63) is 24.0 Å². The van der Waals surface area contributed by atoms with E-state index in [0.29, 0.717) is 12.5 Å². The summed E-state index contributed by atoms with van der Waals surface area (Å²) in [5, 5.41) is 2.32. The second-order valence-electron chi connectivity index (χ2n) is 5.29. The van der Waals surface area contributed by atoms with Crippen molar-refractivity contribution in [3.63, 3.8) is 0 Å². The fourth-order valence-corrected chi connectivity index (χ4v) is 2.95. The van der Waals surface area contributed by atoms with E-state index in [1.165, 1.54) is 0 Å². The highest BCUT2D eigenvalue weighted by Gasteiger charge is 2.21. The molecule has 0 unspecified atom stereocenters. The SMILES string of the molecule is CCOc1cccc2c1nc(CCl)n2N1CCN(C)CC1. The first kappa shape index (κ1) is 14.5. The molecule has 1 saturated heterocycles. The van der Waals surface area contributed by atoms with E-state index in [-0.39, 0.29) is 0 Å². The molecule has 1 fully saturated rings. The van der Waals surface area contributed by atoms with E-state index < -0.39 is 0 Å². The summed E-state index contributed by atoms with van der Waals surface area (Å²) >= 11 is 6.12. The summed E-state index contributed by atoms with van der Waals surface area (Å²) in [4.78, 5) is 7.03. The van der Waals surface area contributed by atoms with Crippen LogP contribution < -0.4 is 9.75 Å². The Hall–Kier alpha value is -1.46. The smallest absolute Gasteiger partial charge is 0.147 e. The Bertz CT molecular complexity index is 619. The fourth-order valence-electron chi connectivity index (χ4n) is 2.78. The van der Waals surface area contributed by atoms with Gasteiger partial charge in [-0.05, 0) is 26.1 Å². The number of likely N-dealkylation sites (N-methyl/N-ethyl adjacent to an activating group) is 1. The molecule has 0 bridgehead atoms. The molecule has 0 aliphatic carbocycles. The number of piperazine rings is 1. The first-order chi connectivity index (χ1) is 10.2. The predicted molar refractivity (Wildman–Crippen MR) is 85.9 cm³/mol. The zero-order chi connectivity index (χ0) is 14.8. The van der Waals surface area contributed by atoms with Crippen molar-refractivity contribution in [1.82, 2.24) is 14.6 Å². The van der Waals surface area contributed by atoms with Crippen molar-refractivity contribution in [2.24, 2.45) is 0 Å². The molecule has 1 aliphatic heterocycles. The number of halogens is 1. The molecule has 0 radical (unpaired) electrons. The van der Waals surface area contributed by atoms with Gasteiger partial charge < -0.3 is 14.6 Å². The van der Waals surface area contributed by atoms with Gasteiger partial charge in [0.25, 0.3) is 0 Å². The van der Waals surface area contributed by atoms with Crippen LogP contribution in [0.15, 0.2) is 18.2 Å². The molecule has 2 aromatic rings. The molecule has 1 aromatic carbocycles. The van der Waals surface area contributed by atoms with Gasteiger partial charge in [0.15, 0.2) is 0 Å². The molecule has 0 atom stereocenters. The molecule has 5 nitrogen and oxygen atoms in total. The lowest BCUT2D eigenvalue weighted by Gasteiger charge is -2.35. The second-order valence-corrected chi connectivity index (χ2v) is 5.55.